The van der Waals surface area contributed by atoms with Gasteiger partial charge in [0, 0.05) is 30.6 Å². The Labute approximate surface area is 149 Å². The summed E-state index contributed by atoms with van der Waals surface area (Å²) >= 11 is 1.63. The number of nitrogens with one attached hydrogen (secondary N) is 1. The van der Waals surface area contributed by atoms with Crippen LogP contribution in [-0.2, 0) is 16.1 Å². The first kappa shape index (κ1) is 18.0. The fourth-order valence-corrected chi connectivity index (χ4v) is 3.61. The van der Waals surface area contributed by atoms with Crippen molar-refractivity contribution < 1.29 is 18.3 Å². The van der Waals surface area contributed by atoms with E-state index in [1.165, 1.54) is 6.07 Å². The minimum absolute atomic E-state index is 0.0143. The van der Waals surface area contributed by atoms with Crippen LogP contribution < -0.4 is 5.32 Å². The summed E-state index contributed by atoms with van der Waals surface area (Å²) in [5.41, 5.74) is -0.0143. The van der Waals surface area contributed by atoms with E-state index in [4.69, 9.17) is 4.74 Å². The number of carbonyl (C=O) groups is 1. The van der Waals surface area contributed by atoms with Gasteiger partial charge >= 0.3 is 0 Å². The number of amides is 1. The largest absolute Gasteiger partial charge is 0.377 e. The number of carbonyl (C=O) groups excluding carboxylic acids is 1. The van der Waals surface area contributed by atoms with E-state index in [2.05, 4.69) is 5.32 Å². The van der Waals surface area contributed by atoms with E-state index in [0.29, 0.717) is 13.1 Å². The second kappa shape index (κ2) is 8.51. The van der Waals surface area contributed by atoms with E-state index in [-0.39, 0.29) is 24.2 Å². The quantitative estimate of drug-likeness (QED) is 0.813. The van der Waals surface area contributed by atoms with Crippen molar-refractivity contribution in [1.29, 1.82) is 0 Å². The second-order valence-corrected chi connectivity index (χ2v) is 7.09. The Kier molecular flexibility index (Phi) is 6.12. The van der Waals surface area contributed by atoms with Gasteiger partial charge in [-0.3, -0.25) is 9.69 Å². The number of halogens is 2. The van der Waals surface area contributed by atoms with Crippen molar-refractivity contribution in [3.63, 3.8) is 0 Å². The van der Waals surface area contributed by atoms with Crippen molar-refractivity contribution in [1.82, 2.24) is 4.90 Å². The monoisotopic (exact) mass is 366 g/mol. The summed E-state index contributed by atoms with van der Waals surface area (Å²) in [6.45, 7) is 2.16. The van der Waals surface area contributed by atoms with Crippen LogP contribution in [0.2, 0.25) is 0 Å². The van der Waals surface area contributed by atoms with Crippen LogP contribution in [0.15, 0.2) is 35.7 Å². The van der Waals surface area contributed by atoms with E-state index < -0.39 is 11.6 Å². The molecule has 0 aliphatic carbocycles. The Morgan fingerprint density at radius 2 is 2.24 bits per heavy atom. The molecule has 1 amide bonds. The highest BCUT2D eigenvalue weighted by Crippen LogP contribution is 2.18. The van der Waals surface area contributed by atoms with Gasteiger partial charge in [-0.05, 0) is 36.4 Å². The van der Waals surface area contributed by atoms with E-state index in [1.807, 2.05) is 22.4 Å². The van der Waals surface area contributed by atoms with Gasteiger partial charge in [-0.25, -0.2) is 8.78 Å². The Balaban J connectivity index is 1.62. The van der Waals surface area contributed by atoms with Gasteiger partial charge in [0.15, 0.2) is 0 Å². The van der Waals surface area contributed by atoms with E-state index >= 15 is 0 Å². The molecule has 1 atom stereocenters. The molecule has 0 radical (unpaired) electrons. The summed E-state index contributed by atoms with van der Waals surface area (Å²) in [5, 5.41) is 4.51. The lowest BCUT2D eigenvalue weighted by atomic mass is 10.2. The van der Waals surface area contributed by atoms with Crippen LogP contribution in [0.1, 0.15) is 17.7 Å². The molecule has 134 valence electrons. The number of rotatable bonds is 7. The van der Waals surface area contributed by atoms with Gasteiger partial charge in [0.1, 0.15) is 11.6 Å². The summed E-state index contributed by atoms with van der Waals surface area (Å²) in [6, 6.07) is 7.09. The Hall–Kier alpha value is -1.83. The summed E-state index contributed by atoms with van der Waals surface area (Å²) < 4.78 is 32.3. The van der Waals surface area contributed by atoms with Crippen LogP contribution in [0.3, 0.4) is 0 Å². The van der Waals surface area contributed by atoms with Gasteiger partial charge in [-0.2, -0.15) is 0 Å². The number of hydrogen-bond donors (Lipinski definition) is 1. The molecule has 0 spiro atoms. The van der Waals surface area contributed by atoms with Crippen molar-refractivity contribution >= 4 is 22.9 Å². The molecule has 1 aromatic carbocycles. The maximum absolute atomic E-state index is 13.7. The molecule has 1 fully saturated rings. The minimum Gasteiger partial charge on any atom is -0.377 e. The Morgan fingerprint density at radius 3 is 2.92 bits per heavy atom. The van der Waals surface area contributed by atoms with Crippen molar-refractivity contribution in [2.45, 2.75) is 25.5 Å². The van der Waals surface area contributed by atoms with Gasteiger partial charge in [-0.1, -0.05) is 6.07 Å². The molecule has 25 heavy (non-hydrogen) atoms. The highest BCUT2D eigenvalue weighted by molar-refractivity contribution is 7.09. The lowest BCUT2D eigenvalue weighted by Crippen LogP contribution is -2.37. The average Bonchev–Trinajstić information content (AvgIpc) is 3.24. The number of hydrogen-bond acceptors (Lipinski definition) is 4. The normalized spacial score (nSPS) is 17.2. The lowest BCUT2D eigenvalue weighted by molar-refractivity contribution is -0.117. The zero-order chi connectivity index (χ0) is 17.6. The fourth-order valence-electron chi connectivity index (χ4n) is 2.87. The average molecular weight is 366 g/mol. The maximum Gasteiger partial charge on any atom is 0.238 e. The van der Waals surface area contributed by atoms with Crippen LogP contribution >= 0.6 is 11.3 Å². The molecule has 1 aromatic heterocycles. The minimum atomic E-state index is -0.780. The molecule has 1 saturated heterocycles. The van der Waals surface area contributed by atoms with Gasteiger partial charge in [0.05, 0.1) is 18.3 Å². The number of anilines is 1. The smallest absolute Gasteiger partial charge is 0.238 e. The molecule has 3 rings (SSSR count). The van der Waals surface area contributed by atoms with Gasteiger partial charge in [-0.15, -0.1) is 11.3 Å². The zero-order valence-electron chi connectivity index (χ0n) is 13.7. The Morgan fingerprint density at radius 1 is 1.36 bits per heavy atom. The van der Waals surface area contributed by atoms with Crippen molar-refractivity contribution in [3.8, 4) is 0 Å². The molecule has 0 unspecified atom stereocenters. The maximum atomic E-state index is 13.7. The highest BCUT2D eigenvalue weighted by Gasteiger charge is 2.21. The van der Waals surface area contributed by atoms with Gasteiger partial charge in [0.2, 0.25) is 5.91 Å². The number of ether oxygens (including phenoxy) is 1. The van der Waals surface area contributed by atoms with Crippen LogP contribution in [-0.4, -0.2) is 36.6 Å². The van der Waals surface area contributed by atoms with Crippen molar-refractivity contribution in [2.75, 3.05) is 25.0 Å². The van der Waals surface area contributed by atoms with Gasteiger partial charge in [0.25, 0.3) is 0 Å². The predicted octanol–water partition coefficient (Wildman–Crippen LogP) is 3.65. The highest BCUT2D eigenvalue weighted by atomic mass is 32.1. The molecule has 7 heteroatoms. The third-order valence-electron chi connectivity index (χ3n) is 4.02. The molecule has 0 bridgehead atoms. The van der Waals surface area contributed by atoms with Crippen molar-refractivity contribution in [3.05, 3.63) is 52.2 Å². The fraction of sp³-hybridized carbons (Fsp3) is 0.389. The second-order valence-electron chi connectivity index (χ2n) is 6.06. The molecular weight excluding hydrogens is 346 g/mol. The molecule has 4 nitrogen and oxygen atoms in total. The summed E-state index contributed by atoms with van der Waals surface area (Å²) in [7, 11) is 0. The molecule has 1 aliphatic rings. The third-order valence-corrected chi connectivity index (χ3v) is 4.88. The third kappa shape index (κ3) is 5.32. The zero-order valence-corrected chi connectivity index (χ0v) is 14.5. The molecule has 2 heterocycles. The number of thiophene rings is 1. The van der Waals surface area contributed by atoms with E-state index in [0.717, 1.165) is 36.5 Å². The van der Waals surface area contributed by atoms with E-state index in [9.17, 15) is 13.6 Å². The van der Waals surface area contributed by atoms with Crippen LogP contribution in [0.25, 0.3) is 0 Å². The topological polar surface area (TPSA) is 41.6 Å². The molecule has 2 aromatic rings. The molecule has 0 saturated carbocycles. The predicted molar refractivity (Wildman–Crippen MR) is 93.6 cm³/mol. The summed E-state index contributed by atoms with van der Waals surface area (Å²) in [5.74, 6) is -1.79. The Bertz CT molecular complexity index is 703. The first-order valence-corrected chi connectivity index (χ1v) is 9.09. The molecular formula is C18H20F2N2O2S. The number of benzene rings is 1. The lowest BCUT2D eigenvalue weighted by Gasteiger charge is -2.24. The first-order chi connectivity index (χ1) is 12.1. The van der Waals surface area contributed by atoms with Gasteiger partial charge < -0.3 is 10.1 Å². The van der Waals surface area contributed by atoms with Crippen LogP contribution in [0, 0.1) is 11.6 Å². The molecule has 1 N–H and O–H groups in total. The summed E-state index contributed by atoms with van der Waals surface area (Å²) in [6.07, 6.45) is 2.13. The SMILES string of the molecule is O=C(CN(Cc1cccs1)C[C@H]1CCCO1)Nc1ccc(F)cc1F. The summed E-state index contributed by atoms with van der Waals surface area (Å²) in [4.78, 5) is 15.5. The molecule has 1 aliphatic heterocycles. The number of nitrogens with zero attached hydrogens (tertiary/aromatic N) is 1. The first-order valence-electron chi connectivity index (χ1n) is 8.21. The standard InChI is InChI=1S/C18H20F2N2O2S/c19-13-5-6-17(16(20)9-13)21-18(23)12-22(10-14-3-1-7-24-14)11-15-4-2-8-25-15/h2,4-6,8-9,14H,1,3,7,10-12H2,(H,21,23)/t14-/m1/s1. The van der Waals surface area contributed by atoms with Crippen LogP contribution in [0.4, 0.5) is 14.5 Å². The van der Waals surface area contributed by atoms with Crippen LogP contribution in [0.5, 0.6) is 0 Å². The van der Waals surface area contributed by atoms with E-state index in [1.54, 1.807) is 11.3 Å². The van der Waals surface area contributed by atoms with Crippen molar-refractivity contribution in [2.24, 2.45) is 0 Å².